The number of hydrogen-bond donors (Lipinski definition) is 2. The van der Waals surface area contributed by atoms with Crippen LogP contribution in [0.2, 0.25) is 0 Å². The van der Waals surface area contributed by atoms with Gasteiger partial charge in [-0.1, -0.05) is 30.3 Å². The van der Waals surface area contributed by atoms with Gasteiger partial charge in [-0.15, -0.1) is 0 Å². The summed E-state index contributed by atoms with van der Waals surface area (Å²) in [6, 6.07) is 14.3. The van der Waals surface area contributed by atoms with E-state index in [0.717, 1.165) is 48.0 Å². The van der Waals surface area contributed by atoms with Crippen molar-refractivity contribution in [3.63, 3.8) is 0 Å². The maximum atomic E-state index is 6.10. The van der Waals surface area contributed by atoms with Crippen LogP contribution in [0.3, 0.4) is 0 Å². The van der Waals surface area contributed by atoms with Crippen LogP contribution in [0.15, 0.2) is 47.5 Å². The normalized spacial score (nSPS) is 16.4. The van der Waals surface area contributed by atoms with Crippen LogP contribution in [0.25, 0.3) is 0 Å². The van der Waals surface area contributed by atoms with Crippen LogP contribution in [0.1, 0.15) is 36.5 Å². The number of benzene rings is 2. The lowest BCUT2D eigenvalue weighted by Crippen LogP contribution is -2.36. The predicted molar refractivity (Wildman–Crippen MR) is 120 cm³/mol. The molecule has 1 saturated heterocycles. The van der Waals surface area contributed by atoms with Gasteiger partial charge < -0.3 is 24.8 Å². The average molecular weight is 412 g/mol. The van der Waals surface area contributed by atoms with Crippen LogP contribution < -0.4 is 20.1 Å². The molecule has 0 aromatic heterocycles. The molecule has 0 aliphatic carbocycles. The van der Waals surface area contributed by atoms with Crippen LogP contribution in [-0.4, -0.2) is 38.9 Å². The second-order valence-corrected chi connectivity index (χ2v) is 7.38. The summed E-state index contributed by atoms with van der Waals surface area (Å²) in [5.41, 5.74) is 3.37. The third kappa shape index (κ3) is 6.39. The van der Waals surface area contributed by atoms with Gasteiger partial charge in [-0.2, -0.15) is 0 Å². The predicted octanol–water partition coefficient (Wildman–Crippen LogP) is 3.82. The first kappa shape index (κ1) is 22.0. The summed E-state index contributed by atoms with van der Waals surface area (Å²) in [7, 11) is 1.77. The fourth-order valence-corrected chi connectivity index (χ4v) is 3.43. The van der Waals surface area contributed by atoms with Crippen LogP contribution in [-0.2, 0) is 17.8 Å². The first-order valence-corrected chi connectivity index (χ1v) is 10.7. The highest BCUT2D eigenvalue weighted by Crippen LogP contribution is 2.22. The SMILES string of the molecule is CCOc1ccccc1CNC(=NC)NCc1ccc(C)cc1OCC1CCCO1. The fraction of sp³-hybridized carbons (Fsp3) is 0.458. The van der Waals surface area contributed by atoms with Gasteiger partial charge in [0.2, 0.25) is 0 Å². The van der Waals surface area contributed by atoms with Crippen molar-refractivity contribution in [1.82, 2.24) is 10.6 Å². The van der Waals surface area contributed by atoms with Crippen molar-refractivity contribution < 1.29 is 14.2 Å². The number of aryl methyl sites for hydroxylation is 1. The molecular formula is C24H33N3O3. The van der Waals surface area contributed by atoms with Gasteiger partial charge in [0, 0.05) is 37.9 Å². The molecule has 1 fully saturated rings. The van der Waals surface area contributed by atoms with Crippen molar-refractivity contribution in [3.8, 4) is 11.5 Å². The minimum Gasteiger partial charge on any atom is -0.494 e. The Morgan fingerprint density at radius 1 is 1.07 bits per heavy atom. The zero-order chi connectivity index (χ0) is 21.2. The lowest BCUT2D eigenvalue weighted by molar-refractivity contribution is 0.0676. The number of ether oxygens (including phenoxy) is 3. The number of rotatable bonds is 9. The van der Waals surface area contributed by atoms with E-state index in [0.29, 0.717) is 26.3 Å². The molecule has 1 unspecified atom stereocenters. The second-order valence-electron chi connectivity index (χ2n) is 7.38. The van der Waals surface area contributed by atoms with Gasteiger partial charge in [-0.3, -0.25) is 4.99 Å². The Morgan fingerprint density at radius 3 is 2.53 bits per heavy atom. The molecular weight excluding hydrogens is 378 g/mol. The molecule has 30 heavy (non-hydrogen) atoms. The summed E-state index contributed by atoms with van der Waals surface area (Å²) < 4.78 is 17.5. The van der Waals surface area contributed by atoms with Gasteiger partial charge >= 0.3 is 0 Å². The molecule has 162 valence electrons. The van der Waals surface area contributed by atoms with Gasteiger partial charge in [-0.05, 0) is 44.4 Å². The highest BCUT2D eigenvalue weighted by Gasteiger charge is 2.17. The maximum absolute atomic E-state index is 6.10. The third-order valence-electron chi connectivity index (χ3n) is 5.06. The van der Waals surface area contributed by atoms with Gasteiger partial charge in [0.05, 0.1) is 12.7 Å². The molecule has 1 atom stereocenters. The van der Waals surface area contributed by atoms with E-state index in [-0.39, 0.29) is 6.10 Å². The van der Waals surface area contributed by atoms with E-state index in [9.17, 15) is 0 Å². The van der Waals surface area contributed by atoms with E-state index in [1.165, 1.54) is 5.56 Å². The molecule has 1 aliphatic rings. The standard InChI is InChI=1S/C24H33N3O3/c1-4-28-22-10-6-5-8-19(22)15-26-24(25-3)27-16-20-12-11-18(2)14-23(20)30-17-21-9-7-13-29-21/h5-6,8,10-12,14,21H,4,7,9,13,15-17H2,1-3H3,(H2,25,26,27). The van der Waals surface area contributed by atoms with Crippen LogP contribution in [0.5, 0.6) is 11.5 Å². The summed E-state index contributed by atoms with van der Waals surface area (Å²) in [6.45, 7) is 7.39. The van der Waals surface area contributed by atoms with E-state index in [1.807, 2.05) is 25.1 Å². The zero-order valence-electron chi connectivity index (χ0n) is 18.2. The minimum atomic E-state index is 0.200. The number of nitrogens with one attached hydrogen (secondary N) is 2. The number of hydrogen-bond acceptors (Lipinski definition) is 4. The smallest absolute Gasteiger partial charge is 0.191 e. The van der Waals surface area contributed by atoms with E-state index >= 15 is 0 Å². The van der Waals surface area contributed by atoms with Gasteiger partial charge in [-0.25, -0.2) is 0 Å². The van der Waals surface area contributed by atoms with Crippen LogP contribution in [0, 0.1) is 6.92 Å². The van der Waals surface area contributed by atoms with Crippen molar-refractivity contribution in [2.45, 2.75) is 45.9 Å². The molecule has 3 rings (SSSR count). The molecule has 0 radical (unpaired) electrons. The third-order valence-corrected chi connectivity index (χ3v) is 5.06. The number of para-hydroxylation sites is 1. The van der Waals surface area contributed by atoms with Crippen molar-refractivity contribution in [1.29, 1.82) is 0 Å². The number of aliphatic imine (C=N–C) groups is 1. The Kier molecular flexibility index (Phi) is 8.39. The Hall–Kier alpha value is -2.73. The molecule has 0 amide bonds. The molecule has 2 aromatic carbocycles. The second kappa shape index (κ2) is 11.5. The summed E-state index contributed by atoms with van der Waals surface area (Å²) in [5.74, 6) is 2.52. The Labute approximate surface area is 179 Å². The minimum absolute atomic E-state index is 0.200. The highest BCUT2D eigenvalue weighted by molar-refractivity contribution is 5.79. The van der Waals surface area contributed by atoms with E-state index in [2.05, 4.69) is 46.8 Å². The molecule has 0 saturated carbocycles. The largest absolute Gasteiger partial charge is 0.494 e. The Morgan fingerprint density at radius 2 is 1.83 bits per heavy atom. The topological polar surface area (TPSA) is 64.1 Å². The quantitative estimate of drug-likeness (QED) is 0.485. The van der Waals surface area contributed by atoms with E-state index < -0.39 is 0 Å². The summed E-state index contributed by atoms with van der Waals surface area (Å²) in [5, 5.41) is 6.74. The average Bonchev–Trinajstić information content (AvgIpc) is 3.28. The van der Waals surface area contributed by atoms with Crippen molar-refractivity contribution in [3.05, 3.63) is 59.2 Å². The fourth-order valence-electron chi connectivity index (χ4n) is 3.43. The van der Waals surface area contributed by atoms with E-state index in [4.69, 9.17) is 14.2 Å². The lowest BCUT2D eigenvalue weighted by Gasteiger charge is -2.17. The molecule has 2 N–H and O–H groups in total. The van der Waals surface area contributed by atoms with Crippen LogP contribution in [0.4, 0.5) is 0 Å². The van der Waals surface area contributed by atoms with Crippen LogP contribution >= 0.6 is 0 Å². The maximum Gasteiger partial charge on any atom is 0.191 e. The molecule has 0 spiro atoms. The van der Waals surface area contributed by atoms with Crippen molar-refractivity contribution in [2.24, 2.45) is 4.99 Å². The molecule has 2 aromatic rings. The summed E-state index contributed by atoms with van der Waals surface area (Å²) in [6.07, 6.45) is 2.38. The van der Waals surface area contributed by atoms with Gasteiger partial charge in [0.15, 0.2) is 5.96 Å². The molecule has 0 bridgehead atoms. The Bertz CT molecular complexity index is 832. The summed E-state index contributed by atoms with van der Waals surface area (Å²) in [4.78, 5) is 4.34. The van der Waals surface area contributed by atoms with Crippen molar-refractivity contribution >= 4 is 5.96 Å². The molecule has 6 heteroatoms. The molecule has 6 nitrogen and oxygen atoms in total. The highest BCUT2D eigenvalue weighted by atomic mass is 16.5. The first-order valence-electron chi connectivity index (χ1n) is 10.7. The first-order chi connectivity index (χ1) is 14.7. The van der Waals surface area contributed by atoms with E-state index in [1.54, 1.807) is 7.05 Å². The summed E-state index contributed by atoms with van der Waals surface area (Å²) >= 11 is 0. The van der Waals surface area contributed by atoms with Gasteiger partial charge in [0.25, 0.3) is 0 Å². The number of guanidine groups is 1. The number of nitrogens with zero attached hydrogens (tertiary/aromatic N) is 1. The Balaban J connectivity index is 1.56. The lowest BCUT2D eigenvalue weighted by atomic mass is 10.1. The monoisotopic (exact) mass is 411 g/mol. The van der Waals surface area contributed by atoms with Crippen molar-refractivity contribution in [2.75, 3.05) is 26.9 Å². The molecule has 1 heterocycles. The zero-order valence-corrected chi connectivity index (χ0v) is 18.2. The van der Waals surface area contributed by atoms with Gasteiger partial charge in [0.1, 0.15) is 18.1 Å². The molecule has 1 aliphatic heterocycles.